The van der Waals surface area contributed by atoms with Gasteiger partial charge in [-0.15, -0.1) is 0 Å². The molecule has 0 N–H and O–H groups in total. The molecule has 0 unspecified atom stereocenters. The average Bonchev–Trinajstić information content (AvgIpc) is 2.68. The van der Waals surface area contributed by atoms with E-state index in [2.05, 4.69) is 9.47 Å². The highest BCUT2D eigenvalue weighted by Gasteiger charge is 2.26. The van der Waals surface area contributed by atoms with Gasteiger partial charge in [0.15, 0.2) is 34.8 Å². The summed E-state index contributed by atoms with van der Waals surface area (Å²) >= 11 is 2.19. The van der Waals surface area contributed by atoms with Crippen LogP contribution >= 0.6 is 45.2 Å². The summed E-state index contributed by atoms with van der Waals surface area (Å²) in [5.41, 5.74) is 0. The Kier molecular flexibility index (Phi) is 7.98. The summed E-state index contributed by atoms with van der Waals surface area (Å²) < 4.78 is 116. The first-order valence-corrected chi connectivity index (χ1v) is 9.53. The first kappa shape index (κ1) is 23.2. The van der Waals surface area contributed by atoms with E-state index in [1.807, 2.05) is 0 Å². The summed E-state index contributed by atoms with van der Waals surface area (Å²) in [7, 11) is 0. The highest BCUT2D eigenvalue weighted by molar-refractivity contribution is 14.1. The van der Waals surface area contributed by atoms with Gasteiger partial charge >= 0.3 is 0 Å². The molecule has 0 fully saturated rings. The van der Waals surface area contributed by atoms with Crippen molar-refractivity contribution in [2.24, 2.45) is 0 Å². The molecule has 154 valence electrons. The van der Waals surface area contributed by atoms with Crippen molar-refractivity contribution < 1.29 is 44.6 Å². The predicted octanol–water partition coefficient (Wildman–Crippen LogP) is 6.25. The van der Waals surface area contributed by atoms with Gasteiger partial charge in [0.25, 0.3) is 0 Å². The minimum Gasteiger partial charge on any atom is -0.487 e. The predicted molar refractivity (Wildman–Crippen MR) is 98.2 cm³/mol. The zero-order chi connectivity index (χ0) is 21.2. The molecule has 2 rings (SSSR count). The molecule has 0 spiro atoms. The van der Waals surface area contributed by atoms with Crippen molar-refractivity contribution in [3.05, 3.63) is 53.7 Å². The zero-order valence-electron chi connectivity index (χ0n) is 13.4. The highest BCUT2D eigenvalue weighted by Crippen LogP contribution is 2.32. The average molecular weight is 638 g/mol. The lowest BCUT2D eigenvalue weighted by Gasteiger charge is -2.12. The van der Waals surface area contributed by atoms with Gasteiger partial charge in [0, 0.05) is 0 Å². The lowest BCUT2D eigenvalue weighted by molar-refractivity contribution is 0.232. The van der Waals surface area contributed by atoms with Crippen LogP contribution < -0.4 is 9.47 Å². The maximum atomic E-state index is 13.6. The van der Waals surface area contributed by atoms with Crippen LogP contribution in [0.15, 0.2) is 0 Å². The molecule has 2 aromatic rings. The quantitative estimate of drug-likeness (QED) is 0.118. The summed E-state index contributed by atoms with van der Waals surface area (Å²) in [5, 5.41) is 0. The van der Waals surface area contributed by atoms with E-state index in [9.17, 15) is 35.1 Å². The summed E-state index contributed by atoms with van der Waals surface area (Å²) in [6.45, 7) is -0.839. The molecule has 2 aromatic carbocycles. The molecule has 28 heavy (non-hydrogen) atoms. The molecule has 0 saturated heterocycles. The van der Waals surface area contributed by atoms with Gasteiger partial charge in [0.05, 0.1) is 20.4 Å². The summed E-state index contributed by atoms with van der Waals surface area (Å²) in [6.07, 6.45) is -0.0423. The van der Waals surface area contributed by atoms with Crippen LogP contribution in [0.25, 0.3) is 0 Å². The molecule has 0 aliphatic heterocycles. The third-order valence-corrected chi connectivity index (χ3v) is 5.26. The molecular weight excluding hydrogens is 630 g/mol. The fourth-order valence-electron chi connectivity index (χ4n) is 1.98. The first-order valence-electron chi connectivity index (χ1n) is 7.38. The Morgan fingerprint density at radius 1 is 0.464 bits per heavy atom. The van der Waals surface area contributed by atoms with Crippen molar-refractivity contribution >= 4 is 45.2 Å². The minimum absolute atomic E-state index is 0.0212. The van der Waals surface area contributed by atoms with Crippen LogP contribution in [0.4, 0.5) is 35.1 Å². The van der Waals surface area contributed by atoms with Gasteiger partial charge in [0.1, 0.15) is 0 Å². The monoisotopic (exact) mass is 638 g/mol. The third kappa shape index (κ3) is 4.57. The minimum atomic E-state index is -1.70. The van der Waals surface area contributed by atoms with Crippen LogP contribution in [0.5, 0.6) is 11.5 Å². The number of benzene rings is 2. The Bertz CT molecular complexity index is 776. The second kappa shape index (κ2) is 9.63. The Hall–Kier alpha value is -1.06. The molecule has 0 amide bonds. The van der Waals surface area contributed by atoms with Crippen molar-refractivity contribution in [3.8, 4) is 11.5 Å². The molecular formula is C16H8F8I2O2. The van der Waals surface area contributed by atoms with Gasteiger partial charge < -0.3 is 9.47 Å². The smallest absolute Gasteiger partial charge is 0.205 e. The molecule has 0 aromatic heterocycles. The maximum Gasteiger partial charge on any atom is 0.205 e. The van der Waals surface area contributed by atoms with Crippen LogP contribution in [0.2, 0.25) is 0 Å². The largest absolute Gasteiger partial charge is 0.487 e. The van der Waals surface area contributed by atoms with Gasteiger partial charge in [-0.05, 0) is 58.0 Å². The van der Waals surface area contributed by atoms with E-state index in [4.69, 9.17) is 0 Å². The summed E-state index contributed by atoms with van der Waals surface area (Å²) in [6, 6.07) is 0. The fourth-order valence-corrected chi connectivity index (χ4v) is 2.92. The number of hydrogen-bond donors (Lipinski definition) is 0. The molecule has 0 atom stereocenters. The summed E-state index contributed by atoms with van der Waals surface area (Å²) in [5.74, 6) is -15.7. The highest BCUT2D eigenvalue weighted by atomic mass is 127. The topological polar surface area (TPSA) is 18.5 Å². The number of rotatable bonds is 7. The molecule has 0 aliphatic carbocycles. The van der Waals surface area contributed by atoms with Crippen molar-refractivity contribution in [3.63, 3.8) is 0 Å². The van der Waals surface area contributed by atoms with Gasteiger partial charge in [-0.25, -0.2) is 17.6 Å². The second-order valence-electron chi connectivity index (χ2n) is 5.20. The molecule has 0 aliphatic rings. The summed E-state index contributed by atoms with van der Waals surface area (Å²) in [4.78, 5) is 0. The van der Waals surface area contributed by atoms with Crippen LogP contribution in [0.1, 0.15) is 12.8 Å². The van der Waals surface area contributed by atoms with Crippen LogP contribution in [-0.4, -0.2) is 13.2 Å². The van der Waals surface area contributed by atoms with Crippen molar-refractivity contribution in [2.75, 3.05) is 13.2 Å². The normalized spacial score (nSPS) is 11.1. The number of unbranched alkanes of at least 4 members (excludes halogenated alkanes) is 1. The third-order valence-electron chi connectivity index (χ3n) is 3.37. The molecule has 0 bridgehead atoms. The van der Waals surface area contributed by atoms with E-state index in [0.29, 0.717) is 0 Å². The Balaban J connectivity index is 1.93. The van der Waals surface area contributed by atoms with Crippen molar-refractivity contribution in [2.45, 2.75) is 12.8 Å². The van der Waals surface area contributed by atoms with Crippen LogP contribution in [0.3, 0.4) is 0 Å². The second-order valence-corrected chi connectivity index (χ2v) is 7.36. The molecule has 0 saturated carbocycles. The Morgan fingerprint density at radius 2 is 0.714 bits per heavy atom. The van der Waals surface area contributed by atoms with Crippen LogP contribution in [-0.2, 0) is 0 Å². The fraction of sp³-hybridized carbons (Fsp3) is 0.250. The first-order chi connectivity index (χ1) is 13.1. The van der Waals surface area contributed by atoms with E-state index in [0.717, 1.165) is 45.2 Å². The number of halogens is 10. The lowest BCUT2D eigenvalue weighted by atomic mass is 10.2. The lowest BCUT2D eigenvalue weighted by Crippen LogP contribution is -2.10. The van der Waals surface area contributed by atoms with Crippen molar-refractivity contribution in [1.29, 1.82) is 0 Å². The van der Waals surface area contributed by atoms with Crippen molar-refractivity contribution in [1.82, 2.24) is 0 Å². The van der Waals surface area contributed by atoms with Gasteiger partial charge in [-0.2, -0.15) is 17.6 Å². The standard InChI is InChI=1S/C16H8F8I2O2/c17-5-9(21)15(10(22)6(18)13(5)25)27-3-1-2-4-28-16-11(23)7(19)14(26)8(20)12(16)24/h1-4H2. The molecule has 2 nitrogen and oxygen atoms in total. The SMILES string of the molecule is Fc1c(F)c(OCCCCOc2c(F)c(F)c(I)c(F)c2F)c(F)c(F)c1I. The molecule has 12 heteroatoms. The van der Waals surface area contributed by atoms with Crippen LogP contribution in [0, 0.1) is 53.7 Å². The number of ether oxygens (including phenoxy) is 2. The number of hydrogen-bond acceptors (Lipinski definition) is 2. The Labute approximate surface area is 180 Å². The van der Waals surface area contributed by atoms with E-state index < -0.39 is 78.4 Å². The van der Waals surface area contributed by atoms with Gasteiger partial charge in [-0.1, -0.05) is 0 Å². The van der Waals surface area contributed by atoms with E-state index in [1.165, 1.54) is 0 Å². The van der Waals surface area contributed by atoms with Gasteiger partial charge in [-0.3, -0.25) is 0 Å². The molecule has 0 radical (unpaired) electrons. The van der Waals surface area contributed by atoms with E-state index >= 15 is 0 Å². The van der Waals surface area contributed by atoms with Gasteiger partial charge in [0.2, 0.25) is 23.3 Å². The van der Waals surface area contributed by atoms with E-state index in [1.54, 1.807) is 0 Å². The Morgan fingerprint density at radius 3 is 0.964 bits per heavy atom. The van der Waals surface area contributed by atoms with E-state index in [-0.39, 0.29) is 12.8 Å². The zero-order valence-corrected chi connectivity index (χ0v) is 17.7. The molecule has 0 heterocycles. The maximum absolute atomic E-state index is 13.6.